The van der Waals surface area contributed by atoms with Crippen LogP contribution in [0.2, 0.25) is 0 Å². The van der Waals surface area contributed by atoms with E-state index >= 15 is 0 Å². The van der Waals surface area contributed by atoms with Gasteiger partial charge in [0.15, 0.2) is 9.84 Å². The van der Waals surface area contributed by atoms with E-state index in [0.29, 0.717) is 6.42 Å². The van der Waals surface area contributed by atoms with Gasteiger partial charge in [-0.05, 0) is 18.4 Å². The molecular weight excluding hydrogens is 302 g/mol. The number of amides is 1. The Morgan fingerprint density at radius 2 is 2.23 bits per heavy atom. The average molecular weight is 319 g/mol. The van der Waals surface area contributed by atoms with Gasteiger partial charge in [-0.1, -0.05) is 18.2 Å². The summed E-state index contributed by atoms with van der Waals surface area (Å²) < 4.78 is 22.7. The number of sulfone groups is 1. The maximum absolute atomic E-state index is 11.8. The fourth-order valence-corrected chi connectivity index (χ4v) is 4.58. The molecule has 0 bridgehead atoms. The van der Waals surface area contributed by atoms with Crippen molar-refractivity contribution in [1.82, 2.24) is 10.4 Å². The van der Waals surface area contributed by atoms with Crippen LogP contribution >= 0.6 is 0 Å². The number of para-hydroxylation sites is 1. The Bertz CT molecular complexity index is 823. The minimum Gasteiger partial charge on any atom is -0.361 e. The van der Waals surface area contributed by atoms with E-state index in [4.69, 9.17) is 0 Å². The van der Waals surface area contributed by atoms with Gasteiger partial charge in [-0.2, -0.15) is 5.10 Å². The van der Waals surface area contributed by atoms with Gasteiger partial charge in [-0.25, -0.2) is 13.8 Å². The first-order valence-electron chi connectivity index (χ1n) is 7.12. The first-order valence-corrected chi connectivity index (χ1v) is 8.94. The predicted octanol–water partition coefficient (Wildman–Crippen LogP) is 1.44. The summed E-state index contributed by atoms with van der Waals surface area (Å²) in [6.07, 6.45) is 4.17. The van der Waals surface area contributed by atoms with Crippen molar-refractivity contribution in [2.24, 2.45) is 11.0 Å². The normalized spacial score (nSPS) is 20.6. The highest BCUT2D eigenvalue weighted by Crippen LogP contribution is 2.21. The van der Waals surface area contributed by atoms with Gasteiger partial charge in [0.1, 0.15) is 0 Å². The molecule has 0 saturated carbocycles. The Morgan fingerprint density at radius 1 is 1.41 bits per heavy atom. The first-order chi connectivity index (χ1) is 10.5. The van der Waals surface area contributed by atoms with Gasteiger partial charge in [-0.15, -0.1) is 0 Å². The predicted molar refractivity (Wildman–Crippen MR) is 85.4 cm³/mol. The molecule has 1 aliphatic rings. The van der Waals surface area contributed by atoms with E-state index in [1.807, 2.05) is 30.5 Å². The second-order valence-corrected chi connectivity index (χ2v) is 7.78. The van der Waals surface area contributed by atoms with E-state index < -0.39 is 9.84 Å². The van der Waals surface area contributed by atoms with Crippen molar-refractivity contribution in [2.45, 2.75) is 12.8 Å². The van der Waals surface area contributed by atoms with E-state index in [-0.39, 0.29) is 29.8 Å². The molecule has 7 heteroatoms. The molecule has 1 saturated heterocycles. The molecule has 1 aromatic carbocycles. The molecule has 3 rings (SSSR count). The van der Waals surface area contributed by atoms with Crippen LogP contribution in [0.4, 0.5) is 0 Å². The molecule has 0 radical (unpaired) electrons. The number of nitrogens with zero attached hydrogens (tertiary/aromatic N) is 1. The number of rotatable bonds is 4. The second-order valence-electron chi connectivity index (χ2n) is 5.56. The zero-order valence-electron chi connectivity index (χ0n) is 12.0. The summed E-state index contributed by atoms with van der Waals surface area (Å²) in [4.78, 5) is 14.9. The van der Waals surface area contributed by atoms with Crippen molar-refractivity contribution in [3.63, 3.8) is 0 Å². The molecule has 1 aromatic heterocycles. The molecule has 1 aliphatic heterocycles. The first kappa shape index (κ1) is 14.8. The lowest BCUT2D eigenvalue weighted by Crippen LogP contribution is -2.21. The van der Waals surface area contributed by atoms with Gasteiger partial charge in [0, 0.05) is 29.1 Å². The number of hydrazone groups is 1. The molecule has 1 atom stereocenters. The number of fused-ring (bicyclic) bond motifs is 1. The minimum atomic E-state index is -2.94. The Balaban J connectivity index is 1.57. The topological polar surface area (TPSA) is 91.4 Å². The summed E-state index contributed by atoms with van der Waals surface area (Å²) in [5.74, 6) is -0.0534. The molecular formula is C15H17N3O3S. The molecule has 2 aromatic rings. The molecule has 2 N–H and O–H groups in total. The van der Waals surface area contributed by atoms with Crippen molar-refractivity contribution in [3.8, 4) is 0 Å². The molecule has 0 spiro atoms. The molecule has 2 heterocycles. The van der Waals surface area contributed by atoms with Crippen LogP contribution in [0.1, 0.15) is 18.4 Å². The maximum Gasteiger partial charge on any atom is 0.240 e. The highest BCUT2D eigenvalue weighted by atomic mass is 32.2. The lowest BCUT2D eigenvalue weighted by Gasteiger charge is -2.04. The standard InChI is InChI=1S/C15H17N3O3S/c19-15(7-11-5-6-22(20,21)10-11)18-17-9-12-8-16-14-4-2-1-3-13(12)14/h1-4,8-9,11,16H,5-7,10H2,(H,18,19)/b17-9+/t11-/m1/s1. The third-order valence-corrected chi connectivity index (χ3v) is 5.65. The number of nitrogens with one attached hydrogen (secondary N) is 2. The van der Waals surface area contributed by atoms with E-state index in [2.05, 4.69) is 15.5 Å². The van der Waals surface area contributed by atoms with Gasteiger partial charge in [-0.3, -0.25) is 4.79 Å². The quantitative estimate of drug-likeness (QED) is 0.660. The summed E-state index contributed by atoms with van der Waals surface area (Å²) in [5.41, 5.74) is 4.36. The number of benzene rings is 1. The van der Waals surface area contributed by atoms with E-state index in [9.17, 15) is 13.2 Å². The van der Waals surface area contributed by atoms with Gasteiger partial charge in [0.2, 0.25) is 5.91 Å². The van der Waals surface area contributed by atoms with Crippen LogP contribution in [0.5, 0.6) is 0 Å². The Labute approximate surface area is 128 Å². The monoisotopic (exact) mass is 319 g/mol. The number of carbonyl (C=O) groups is 1. The van der Waals surface area contributed by atoms with Crippen LogP contribution < -0.4 is 5.43 Å². The fraction of sp³-hybridized carbons (Fsp3) is 0.333. The summed E-state index contributed by atoms with van der Waals surface area (Å²) in [5, 5.41) is 4.98. The summed E-state index contributed by atoms with van der Waals surface area (Å²) in [6, 6.07) is 7.81. The largest absolute Gasteiger partial charge is 0.361 e. The summed E-state index contributed by atoms with van der Waals surface area (Å²) in [7, 11) is -2.94. The van der Waals surface area contributed by atoms with Crippen LogP contribution in [0.25, 0.3) is 10.9 Å². The summed E-state index contributed by atoms with van der Waals surface area (Å²) >= 11 is 0. The average Bonchev–Trinajstić information content (AvgIpc) is 3.03. The van der Waals surface area contributed by atoms with E-state index in [1.165, 1.54) is 0 Å². The lowest BCUT2D eigenvalue weighted by atomic mass is 10.1. The van der Waals surface area contributed by atoms with Crippen molar-refractivity contribution in [1.29, 1.82) is 0 Å². The number of aromatic nitrogens is 1. The SMILES string of the molecule is O=C(C[C@H]1CCS(=O)(=O)C1)N/N=C/c1c[nH]c2ccccc12. The molecule has 1 fully saturated rings. The highest BCUT2D eigenvalue weighted by molar-refractivity contribution is 7.91. The van der Waals surface area contributed by atoms with Crippen LogP contribution in [0.15, 0.2) is 35.6 Å². The summed E-state index contributed by atoms with van der Waals surface area (Å²) in [6.45, 7) is 0. The molecule has 6 nitrogen and oxygen atoms in total. The van der Waals surface area contributed by atoms with Crippen LogP contribution in [0.3, 0.4) is 0 Å². The molecule has 1 amide bonds. The number of hydrogen-bond donors (Lipinski definition) is 2. The number of carbonyl (C=O) groups excluding carboxylic acids is 1. The third-order valence-electron chi connectivity index (χ3n) is 3.81. The van der Waals surface area contributed by atoms with Gasteiger partial charge in [0.05, 0.1) is 17.7 Å². The molecule has 0 aliphatic carbocycles. The molecule has 116 valence electrons. The number of aromatic amines is 1. The van der Waals surface area contributed by atoms with Crippen LogP contribution in [-0.4, -0.2) is 37.0 Å². The Morgan fingerprint density at radius 3 is 3.00 bits per heavy atom. The van der Waals surface area contributed by atoms with Crippen molar-refractivity contribution < 1.29 is 13.2 Å². The minimum absolute atomic E-state index is 0.0895. The van der Waals surface area contributed by atoms with Gasteiger partial charge < -0.3 is 4.98 Å². The van der Waals surface area contributed by atoms with E-state index in [1.54, 1.807) is 6.21 Å². The highest BCUT2D eigenvalue weighted by Gasteiger charge is 2.29. The fourth-order valence-electron chi connectivity index (χ4n) is 2.72. The van der Waals surface area contributed by atoms with Crippen molar-refractivity contribution >= 4 is 32.9 Å². The third kappa shape index (κ3) is 3.36. The van der Waals surface area contributed by atoms with Crippen molar-refractivity contribution in [3.05, 3.63) is 36.0 Å². The Hall–Kier alpha value is -2.15. The van der Waals surface area contributed by atoms with Gasteiger partial charge >= 0.3 is 0 Å². The maximum atomic E-state index is 11.8. The number of hydrogen-bond acceptors (Lipinski definition) is 4. The van der Waals surface area contributed by atoms with Gasteiger partial charge in [0.25, 0.3) is 0 Å². The Kier molecular flexibility index (Phi) is 3.98. The zero-order valence-corrected chi connectivity index (χ0v) is 12.8. The van der Waals surface area contributed by atoms with Crippen LogP contribution in [-0.2, 0) is 14.6 Å². The molecule has 0 unspecified atom stereocenters. The second kappa shape index (κ2) is 5.92. The smallest absolute Gasteiger partial charge is 0.240 e. The zero-order chi connectivity index (χ0) is 15.6. The molecule has 22 heavy (non-hydrogen) atoms. The number of H-pyrrole nitrogens is 1. The van der Waals surface area contributed by atoms with E-state index in [0.717, 1.165) is 16.5 Å². The lowest BCUT2D eigenvalue weighted by molar-refractivity contribution is -0.121. The van der Waals surface area contributed by atoms with Crippen molar-refractivity contribution in [2.75, 3.05) is 11.5 Å². The van der Waals surface area contributed by atoms with Crippen LogP contribution in [0, 0.1) is 5.92 Å².